The van der Waals surface area contributed by atoms with E-state index in [2.05, 4.69) is 5.10 Å². The Bertz CT molecular complexity index is 823. The van der Waals surface area contributed by atoms with E-state index in [1.54, 1.807) is 14.2 Å². The fraction of sp³-hybridized carbons (Fsp3) is 0.222. The van der Waals surface area contributed by atoms with Crippen LogP contribution in [0, 0.1) is 0 Å². The lowest BCUT2D eigenvalue weighted by atomic mass is 10.1. The molecule has 2 aromatic carbocycles. The number of hydrogen-bond acceptors (Lipinski definition) is 6. The minimum Gasteiger partial charge on any atom is -0.493 e. The topological polar surface area (TPSA) is 77.1 Å². The van der Waals surface area contributed by atoms with Gasteiger partial charge in [-0.1, -0.05) is 23.9 Å². The van der Waals surface area contributed by atoms with Crippen molar-refractivity contribution in [3.8, 4) is 11.5 Å². The summed E-state index contributed by atoms with van der Waals surface area (Å²) in [5.41, 5.74) is 9.12. The normalized spacial score (nSPS) is 14.2. The number of anilines is 1. The first-order chi connectivity index (χ1) is 12.1. The maximum Gasteiger partial charge on any atom is 0.302 e. The number of nitrogens with zero attached hydrogens (tertiary/aromatic N) is 2. The summed E-state index contributed by atoms with van der Waals surface area (Å²) in [5.74, 6) is 1.80. The Balaban J connectivity index is 1.88. The average molecular weight is 357 g/mol. The third-order valence-electron chi connectivity index (χ3n) is 3.78. The molecule has 2 aromatic rings. The molecule has 1 aliphatic rings. The fourth-order valence-electron chi connectivity index (χ4n) is 2.54. The van der Waals surface area contributed by atoms with Crippen LogP contribution in [-0.2, 0) is 6.54 Å². The molecule has 0 aromatic heterocycles. The number of thioether (sulfide) groups is 1. The quantitative estimate of drug-likeness (QED) is 0.830. The van der Waals surface area contributed by atoms with E-state index >= 15 is 0 Å². The number of hydrazone groups is 1. The number of amides is 1. The summed E-state index contributed by atoms with van der Waals surface area (Å²) < 4.78 is 10.6. The molecule has 130 valence electrons. The molecule has 0 fully saturated rings. The third kappa shape index (κ3) is 3.88. The zero-order chi connectivity index (χ0) is 17.8. The van der Waals surface area contributed by atoms with Gasteiger partial charge < -0.3 is 15.2 Å². The largest absolute Gasteiger partial charge is 0.493 e. The average Bonchev–Trinajstić information content (AvgIpc) is 2.63. The fourth-order valence-corrected chi connectivity index (χ4v) is 3.28. The van der Waals surface area contributed by atoms with Crippen LogP contribution in [0.15, 0.2) is 47.6 Å². The van der Waals surface area contributed by atoms with Crippen molar-refractivity contribution in [2.45, 2.75) is 6.54 Å². The lowest BCUT2D eigenvalue weighted by Gasteiger charge is -2.23. The van der Waals surface area contributed by atoms with Gasteiger partial charge in [0.15, 0.2) is 11.5 Å². The second-order valence-corrected chi connectivity index (χ2v) is 6.40. The highest BCUT2D eigenvalue weighted by atomic mass is 32.2. The van der Waals surface area contributed by atoms with Crippen LogP contribution in [0.4, 0.5) is 10.5 Å². The van der Waals surface area contributed by atoms with Gasteiger partial charge in [0, 0.05) is 17.0 Å². The van der Waals surface area contributed by atoms with Crippen LogP contribution in [0.5, 0.6) is 11.5 Å². The van der Waals surface area contributed by atoms with Crippen molar-refractivity contribution in [2.24, 2.45) is 5.10 Å². The Morgan fingerprint density at radius 3 is 2.68 bits per heavy atom. The van der Waals surface area contributed by atoms with E-state index in [0.29, 0.717) is 29.5 Å². The first-order valence-corrected chi connectivity index (χ1v) is 8.68. The lowest BCUT2D eigenvalue weighted by molar-refractivity contribution is 0.222. The number of carbonyl (C=O) groups is 1. The molecular weight excluding hydrogens is 338 g/mol. The summed E-state index contributed by atoms with van der Waals surface area (Å²) in [4.78, 5) is 12.2. The van der Waals surface area contributed by atoms with Crippen LogP contribution >= 0.6 is 11.8 Å². The Labute approximate surface area is 150 Å². The van der Waals surface area contributed by atoms with Gasteiger partial charge in [0.05, 0.1) is 26.5 Å². The van der Waals surface area contributed by atoms with Crippen molar-refractivity contribution in [3.63, 3.8) is 0 Å². The molecule has 0 atom stereocenters. The molecule has 25 heavy (non-hydrogen) atoms. The maximum absolute atomic E-state index is 12.2. The van der Waals surface area contributed by atoms with Crippen LogP contribution < -0.4 is 15.2 Å². The van der Waals surface area contributed by atoms with E-state index in [1.165, 1.54) is 16.8 Å². The molecule has 6 nitrogen and oxygen atoms in total. The highest BCUT2D eigenvalue weighted by molar-refractivity contribution is 8.14. The summed E-state index contributed by atoms with van der Waals surface area (Å²) in [6.45, 7) is 0.383. The second kappa shape index (κ2) is 7.48. The number of carbonyl (C=O) groups excluding carboxylic acids is 1. The maximum atomic E-state index is 12.2. The molecule has 0 spiro atoms. The van der Waals surface area contributed by atoms with Gasteiger partial charge in [-0.2, -0.15) is 5.10 Å². The second-order valence-electron chi connectivity index (χ2n) is 5.47. The molecule has 0 saturated carbocycles. The number of hydrogen-bond donors (Lipinski definition) is 1. The van der Waals surface area contributed by atoms with E-state index in [0.717, 1.165) is 16.8 Å². The van der Waals surface area contributed by atoms with E-state index < -0.39 is 0 Å². The third-order valence-corrected chi connectivity index (χ3v) is 4.66. The number of rotatable bonds is 5. The van der Waals surface area contributed by atoms with E-state index in [1.807, 2.05) is 42.5 Å². The first-order valence-electron chi connectivity index (χ1n) is 7.69. The Morgan fingerprint density at radius 1 is 1.16 bits per heavy atom. The lowest BCUT2D eigenvalue weighted by Crippen LogP contribution is -2.29. The van der Waals surface area contributed by atoms with Crippen LogP contribution in [0.2, 0.25) is 0 Å². The number of methoxy groups -OCH3 is 2. The van der Waals surface area contributed by atoms with Gasteiger partial charge >= 0.3 is 5.24 Å². The summed E-state index contributed by atoms with van der Waals surface area (Å²) >= 11 is 1.23. The SMILES string of the molecule is COc1ccc(C2=NN(Cc3cccc(N)c3)C(=O)SC2)cc1OC. The smallest absolute Gasteiger partial charge is 0.302 e. The number of nitrogen functional groups attached to an aromatic ring is 1. The van der Waals surface area contributed by atoms with E-state index in [4.69, 9.17) is 15.2 Å². The molecule has 0 radical (unpaired) electrons. The summed E-state index contributed by atoms with van der Waals surface area (Å²) in [6, 6.07) is 13.1. The molecule has 0 aliphatic carbocycles. The highest BCUT2D eigenvalue weighted by Gasteiger charge is 2.23. The molecule has 7 heteroatoms. The van der Waals surface area contributed by atoms with Crippen LogP contribution in [-0.4, -0.2) is 35.9 Å². The number of ether oxygens (including phenoxy) is 2. The van der Waals surface area contributed by atoms with Crippen molar-refractivity contribution >= 4 is 28.4 Å². The zero-order valence-corrected chi connectivity index (χ0v) is 14.9. The van der Waals surface area contributed by atoms with Gasteiger partial charge in [-0.15, -0.1) is 0 Å². The van der Waals surface area contributed by atoms with Crippen LogP contribution in [0.25, 0.3) is 0 Å². The van der Waals surface area contributed by atoms with E-state index in [-0.39, 0.29) is 5.24 Å². The van der Waals surface area contributed by atoms with Crippen molar-refractivity contribution in [1.29, 1.82) is 0 Å². The van der Waals surface area contributed by atoms with Crippen molar-refractivity contribution in [2.75, 3.05) is 25.7 Å². The molecular formula is C18H19N3O3S. The van der Waals surface area contributed by atoms with Gasteiger partial charge in [-0.25, -0.2) is 5.01 Å². The zero-order valence-electron chi connectivity index (χ0n) is 14.1. The molecule has 0 saturated heterocycles. The molecule has 3 rings (SSSR count). The summed E-state index contributed by atoms with van der Waals surface area (Å²) in [7, 11) is 3.19. The number of nitrogens with two attached hydrogens (primary N) is 1. The van der Waals surface area contributed by atoms with Crippen molar-refractivity contribution in [1.82, 2.24) is 5.01 Å². The van der Waals surface area contributed by atoms with Gasteiger partial charge in [-0.3, -0.25) is 4.79 Å². The molecule has 1 heterocycles. The monoisotopic (exact) mass is 357 g/mol. The molecule has 1 aliphatic heterocycles. The Kier molecular flexibility index (Phi) is 5.14. The van der Waals surface area contributed by atoms with Crippen molar-refractivity contribution < 1.29 is 14.3 Å². The first kappa shape index (κ1) is 17.2. The predicted molar refractivity (Wildman–Crippen MR) is 100 cm³/mol. The van der Waals surface area contributed by atoms with Crippen LogP contribution in [0.1, 0.15) is 11.1 Å². The molecule has 2 N–H and O–H groups in total. The molecule has 0 bridgehead atoms. The minimum absolute atomic E-state index is 0.0772. The standard InChI is InChI=1S/C18H19N3O3S/c1-23-16-7-6-13(9-17(16)24-2)15-11-25-18(22)21(20-15)10-12-4-3-5-14(19)8-12/h3-9H,10-11,19H2,1-2H3. The summed E-state index contributed by atoms with van der Waals surface area (Å²) in [6.07, 6.45) is 0. The predicted octanol–water partition coefficient (Wildman–Crippen LogP) is 3.36. The number of benzene rings is 2. The van der Waals surface area contributed by atoms with Crippen LogP contribution in [0.3, 0.4) is 0 Å². The molecule has 0 unspecified atom stereocenters. The minimum atomic E-state index is -0.0772. The van der Waals surface area contributed by atoms with Gasteiger partial charge in [0.1, 0.15) is 0 Å². The Hall–Kier alpha value is -2.67. The summed E-state index contributed by atoms with van der Waals surface area (Å²) in [5, 5.41) is 5.92. The highest BCUT2D eigenvalue weighted by Crippen LogP contribution is 2.30. The van der Waals surface area contributed by atoms with Gasteiger partial charge in [0.2, 0.25) is 0 Å². The van der Waals surface area contributed by atoms with Gasteiger partial charge in [-0.05, 0) is 35.9 Å². The molecule has 1 amide bonds. The van der Waals surface area contributed by atoms with E-state index in [9.17, 15) is 4.79 Å². The Morgan fingerprint density at radius 2 is 1.96 bits per heavy atom. The van der Waals surface area contributed by atoms with Gasteiger partial charge in [0.25, 0.3) is 0 Å². The van der Waals surface area contributed by atoms with Crippen molar-refractivity contribution in [3.05, 3.63) is 53.6 Å².